The van der Waals surface area contributed by atoms with Crippen LogP contribution >= 0.6 is 0 Å². The number of ether oxygens (including phenoxy) is 1. The summed E-state index contributed by atoms with van der Waals surface area (Å²) in [6.45, 7) is 8.28. The van der Waals surface area contributed by atoms with E-state index in [9.17, 15) is 0 Å². The van der Waals surface area contributed by atoms with E-state index in [0.29, 0.717) is 12.1 Å². The molecule has 0 saturated heterocycles. The molecule has 1 saturated carbocycles. The molecule has 2 rings (SSSR count). The van der Waals surface area contributed by atoms with Crippen molar-refractivity contribution in [2.45, 2.75) is 70.6 Å². The van der Waals surface area contributed by atoms with E-state index in [4.69, 9.17) is 10.5 Å². The lowest BCUT2D eigenvalue weighted by molar-refractivity contribution is 0.0205. The number of hydrogen-bond acceptors (Lipinski definition) is 3. The van der Waals surface area contributed by atoms with Gasteiger partial charge in [-0.15, -0.1) is 0 Å². The second kappa shape index (κ2) is 6.06. The van der Waals surface area contributed by atoms with Crippen molar-refractivity contribution < 1.29 is 4.74 Å². The van der Waals surface area contributed by atoms with E-state index in [1.807, 2.05) is 12.5 Å². The van der Waals surface area contributed by atoms with Gasteiger partial charge in [0.15, 0.2) is 0 Å². The van der Waals surface area contributed by atoms with Gasteiger partial charge in [0, 0.05) is 29.9 Å². The second-order valence-corrected chi connectivity index (χ2v) is 6.63. The van der Waals surface area contributed by atoms with Crippen LogP contribution in [-0.4, -0.2) is 28.3 Å². The van der Waals surface area contributed by atoms with Gasteiger partial charge in [0.05, 0.1) is 19.0 Å². The zero-order valence-electron chi connectivity index (χ0n) is 12.4. The minimum Gasteiger partial charge on any atom is -0.376 e. The number of rotatable bonds is 4. The molecule has 19 heavy (non-hydrogen) atoms. The Kier molecular flexibility index (Phi) is 4.63. The van der Waals surface area contributed by atoms with Gasteiger partial charge in [0.25, 0.3) is 0 Å². The average molecular weight is 265 g/mol. The molecule has 108 valence electrons. The molecular formula is C15H27N3O. The molecule has 1 aromatic heterocycles. The third-order valence-electron chi connectivity index (χ3n) is 3.89. The minimum absolute atomic E-state index is 0.133. The van der Waals surface area contributed by atoms with Gasteiger partial charge in [0.1, 0.15) is 0 Å². The van der Waals surface area contributed by atoms with Gasteiger partial charge in [-0.2, -0.15) is 0 Å². The predicted molar refractivity (Wildman–Crippen MR) is 77.1 cm³/mol. The maximum Gasteiger partial charge on any atom is 0.0949 e. The summed E-state index contributed by atoms with van der Waals surface area (Å²) >= 11 is 0. The van der Waals surface area contributed by atoms with Crippen molar-refractivity contribution in [2.75, 3.05) is 6.61 Å². The molecule has 0 atom stereocenters. The van der Waals surface area contributed by atoms with Crippen LogP contribution < -0.4 is 5.73 Å². The highest BCUT2D eigenvalue weighted by molar-refractivity contribution is 5.10. The van der Waals surface area contributed by atoms with Crippen LogP contribution in [0, 0.1) is 0 Å². The fourth-order valence-corrected chi connectivity index (χ4v) is 2.70. The molecule has 2 N–H and O–H groups in total. The van der Waals surface area contributed by atoms with Gasteiger partial charge in [-0.05, 0) is 25.7 Å². The first-order chi connectivity index (χ1) is 8.97. The van der Waals surface area contributed by atoms with E-state index < -0.39 is 0 Å². The molecule has 0 amide bonds. The average Bonchev–Trinajstić information content (AvgIpc) is 2.80. The number of aromatic nitrogens is 2. The standard InChI is InChI=1S/C15H27N3O/c1-15(2,3)14-10-17-11-18(14)8-9-19-13-6-4-12(16)5-7-13/h10-13H,4-9,16H2,1-3H3. The zero-order valence-corrected chi connectivity index (χ0v) is 12.4. The fraction of sp³-hybridized carbons (Fsp3) is 0.800. The van der Waals surface area contributed by atoms with E-state index in [1.54, 1.807) is 0 Å². The van der Waals surface area contributed by atoms with Crippen LogP contribution in [0.4, 0.5) is 0 Å². The Bertz CT molecular complexity index is 386. The number of nitrogens with two attached hydrogens (primary N) is 1. The normalized spacial score (nSPS) is 24.6. The van der Waals surface area contributed by atoms with Gasteiger partial charge in [0.2, 0.25) is 0 Å². The summed E-state index contributed by atoms with van der Waals surface area (Å²) < 4.78 is 8.17. The maximum absolute atomic E-state index is 5.97. The van der Waals surface area contributed by atoms with Gasteiger partial charge >= 0.3 is 0 Å². The Hall–Kier alpha value is -0.870. The third-order valence-corrected chi connectivity index (χ3v) is 3.89. The minimum atomic E-state index is 0.133. The lowest BCUT2D eigenvalue weighted by atomic mass is 9.92. The summed E-state index contributed by atoms with van der Waals surface area (Å²) in [7, 11) is 0. The molecule has 0 aliphatic heterocycles. The summed E-state index contributed by atoms with van der Waals surface area (Å²) in [5, 5.41) is 0. The molecule has 4 heteroatoms. The molecule has 1 heterocycles. The number of hydrogen-bond donors (Lipinski definition) is 1. The first kappa shape index (κ1) is 14.5. The van der Waals surface area contributed by atoms with Crippen molar-refractivity contribution >= 4 is 0 Å². The topological polar surface area (TPSA) is 53.1 Å². The van der Waals surface area contributed by atoms with Crippen molar-refractivity contribution in [3.8, 4) is 0 Å². The lowest BCUT2D eigenvalue weighted by Crippen LogP contribution is -2.31. The second-order valence-electron chi connectivity index (χ2n) is 6.63. The van der Waals surface area contributed by atoms with Crippen molar-refractivity contribution in [3.63, 3.8) is 0 Å². The van der Waals surface area contributed by atoms with Crippen LogP contribution in [0.25, 0.3) is 0 Å². The van der Waals surface area contributed by atoms with Gasteiger partial charge in [-0.1, -0.05) is 20.8 Å². The molecule has 0 unspecified atom stereocenters. The van der Waals surface area contributed by atoms with Crippen LogP contribution in [0.1, 0.15) is 52.1 Å². The van der Waals surface area contributed by atoms with Crippen molar-refractivity contribution in [1.82, 2.24) is 9.55 Å². The Balaban J connectivity index is 1.79. The monoisotopic (exact) mass is 265 g/mol. The van der Waals surface area contributed by atoms with E-state index >= 15 is 0 Å². The van der Waals surface area contributed by atoms with Crippen LogP contribution in [0.2, 0.25) is 0 Å². The van der Waals surface area contributed by atoms with Crippen LogP contribution in [0.5, 0.6) is 0 Å². The maximum atomic E-state index is 5.97. The number of nitrogens with zero attached hydrogens (tertiary/aromatic N) is 2. The first-order valence-electron chi connectivity index (χ1n) is 7.34. The summed E-state index contributed by atoms with van der Waals surface area (Å²) in [5.74, 6) is 0. The van der Waals surface area contributed by atoms with Crippen LogP contribution in [-0.2, 0) is 16.7 Å². The highest BCUT2D eigenvalue weighted by Gasteiger charge is 2.20. The highest BCUT2D eigenvalue weighted by Crippen LogP contribution is 2.22. The Morgan fingerprint density at radius 1 is 1.32 bits per heavy atom. The van der Waals surface area contributed by atoms with E-state index in [1.165, 1.54) is 5.69 Å². The van der Waals surface area contributed by atoms with Gasteiger partial charge in [-0.25, -0.2) is 4.98 Å². The third kappa shape index (κ3) is 4.05. The van der Waals surface area contributed by atoms with Crippen LogP contribution in [0.3, 0.4) is 0 Å². The molecule has 1 aliphatic carbocycles. The Morgan fingerprint density at radius 2 is 2.00 bits per heavy atom. The fourth-order valence-electron chi connectivity index (χ4n) is 2.70. The van der Waals surface area contributed by atoms with Crippen LogP contribution in [0.15, 0.2) is 12.5 Å². The summed E-state index contributed by atoms with van der Waals surface area (Å²) in [6.07, 6.45) is 8.68. The molecule has 0 radical (unpaired) electrons. The largest absolute Gasteiger partial charge is 0.376 e. The molecule has 1 fully saturated rings. The summed E-state index contributed by atoms with van der Waals surface area (Å²) in [4.78, 5) is 4.25. The SMILES string of the molecule is CC(C)(C)c1cncn1CCOC1CCC(N)CC1. The molecule has 0 aromatic carbocycles. The molecule has 4 nitrogen and oxygen atoms in total. The van der Waals surface area contributed by atoms with Crippen molar-refractivity contribution in [1.29, 1.82) is 0 Å². The van der Waals surface area contributed by atoms with Crippen molar-refractivity contribution in [2.24, 2.45) is 5.73 Å². The van der Waals surface area contributed by atoms with Gasteiger partial charge in [-0.3, -0.25) is 0 Å². The van der Waals surface area contributed by atoms with E-state index in [-0.39, 0.29) is 5.41 Å². The Morgan fingerprint density at radius 3 is 2.63 bits per heavy atom. The highest BCUT2D eigenvalue weighted by atomic mass is 16.5. The smallest absolute Gasteiger partial charge is 0.0949 e. The molecule has 1 aliphatic rings. The van der Waals surface area contributed by atoms with E-state index in [2.05, 4.69) is 30.3 Å². The summed E-state index contributed by atoms with van der Waals surface area (Å²) in [6, 6.07) is 0.390. The number of imidazole rings is 1. The Labute approximate surface area is 116 Å². The predicted octanol–water partition coefficient (Wildman–Crippen LogP) is 2.47. The first-order valence-corrected chi connectivity index (χ1v) is 7.34. The molecule has 0 spiro atoms. The quantitative estimate of drug-likeness (QED) is 0.910. The van der Waals surface area contributed by atoms with Crippen molar-refractivity contribution in [3.05, 3.63) is 18.2 Å². The molecule has 1 aromatic rings. The summed E-state index contributed by atoms with van der Waals surface area (Å²) in [5.41, 5.74) is 7.30. The zero-order chi connectivity index (χ0) is 13.9. The lowest BCUT2D eigenvalue weighted by Gasteiger charge is -2.26. The molecule has 0 bridgehead atoms. The van der Waals surface area contributed by atoms with Gasteiger partial charge < -0.3 is 15.0 Å². The molecular weight excluding hydrogens is 238 g/mol. The van der Waals surface area contributed by atoms with E-state index in [0.717, 1.165) is 38.8 Å².